The number of hydrogen-bond donors (Lipinski definition) is 0. The number of hydrogen-bond acceptors (Lipinski definition) is 6. The van der Waals surface area contributed by atoms with Crippen LogP contribution in [0.4, 0.5) is 0 Å². The van der Waals surface area contributed by atoms with Gasteiger partial charge in [0.1, 0.15) is 13.2 Å². The summed E-state index contributed by atoms with van der Waals surface area (Å²) in [6.07, 6.45) is 76.9. The Morgan fingerprint density at radius 1 is 0.253 bits per heavy atom. The average Bonchev–Trinajstić information content (AvgIpc) is 3.41. The predicted molar refractivity (Wildman–Crippen MR) is 326 cm³/mol. The number of carbonyl (C=O) groups is 3. The first-order valence-electron chi connectivity index (χ1n) is 34.2. The van der Waals surface area contributed by atoms with E-state index < -0.39 is 6.10 Å². The lowest BCUT2D eigenvalue weighted by Gasteiger charge is -2.18. The van der Waals surface area contributed by atoms with E-state index in [1.807, 2.05) is 0 Å². The molecule has 0 saturated heterocycles. The van der Waals surface area contributed by atoms with Gasteiger partial charge in [-0.1, -0.05) is 348 Å². The highest BCUT2D eigenvalue weighted by Gasteiger charge is 2.19. The molecule has 6 nitrogen and oxygen atoms in total. The SMILES string of the molecule is CCC/C=C\CCCCCCCC(=O)OCC(COC(=O)CCCCCCCCCCCCCCCCCCCCCCCCCCCCCCCC)OC(=O)CCCCCCCCCCCCCCCCCCC. The molecule has 1 unspecified atom stereocenters. The van der Waals surface area contributed by atoms with Gasteiger partial charge in [0.15, 0.2) is 6.10 Å². The zero-order valence-corrected chi connectivity index (χ0v) is 51.1. The summed E-state index contributed by atoms with van der Waals surface area (Å²) in [6, 6.07) is 0. The highest BCUT2D eigenvalue weighted by Crippen LogP contribution is 2.19. The average molecular weight is 1060 g/mol. The Labute approximate surface area is 469 Å². The van der Waals surface area contributed by atoms with Crippen LogP contribution in [0.25, 0.3) is 0 Å². The first kappa shape index (κ1) is 73.2. The predicted octanol–water partition coefficient (Wildman–Crippen LogP) is 23.2. The van der Waals surface area contributed by atoms with E-state index in [-0.39, 0.29) is 31.1 Å². The second-order valence-corrected chi connectivity index (χ2v) is 23.5. The van der Waals surface area contributed by atoms with Crippen molar-refractivity contribution in [2.24, 2.45) is 0 Å². The fourth-order valence-electron chi connectivity index (χ4n) is 10.6. The van der Waals surface area contributed by atoms with E-state index in [0.29, 0.717) is 19.3 Å². The smallest absolute Gasteiger partial charge is 0.306 e. The molecule has 0 aliphatic rings. The van der Waals surface area contributed by atoms with Gasteiger partial charge in [-0.3, -0.25) is 14.4 Å². The number of allylic oxidation sites excluding steroid dienone is 2. The summed E-state index contributed by atoms with van der Waals surface area (Å²) in [7, 11) is 0. The zero-order chi connectivity index (χ0) is 54.3. The molecule has 0 N–H and O–H groups in total. The van der Waals surface area contributed by atoms with Crippen LogP contribution in [0.15, 0.2) is 12.2 Å². The molecule has 0 aliphatic heterocycles. The molecule has 0 aromatic rings. The summed E-state index contributed by atoms with van der Waals surface area (Å²) in [4.78, 5) is 38.2. The summed E-state index contributed by atoms with van der Waals surface area (Å²) in [5.41, 5.74) is 0. The molecule has 6 heteroatoms. The van der Waals surface area contributed by atoms with E-state index in [1.165, 1.54) is 283 Å². The van der Waals surface area contributed by atoms with Gasteiger partial charge in [0.2, 0.25) is 0 Å². The van der Waals surface area contributed by atoms with E-state index in [2.05, 4.69) is 32.9 Å². The Kier molecular flexibility index (Phi) is 63.1. The Morgan fingerprint density at radius 2 is 0.467 bits per heavy atom. The maximum Gasteiger partial charge on any atom is 0.306 e. The van der Waals surface area contributed by atoms with E-state index in [1.54, 1.807) is 0 Å². The standard InChI is InChI=1S/C69H132O6/c1-4-7-10-13-16-19-22-24-26-28-29-30-31-32-33-34-35-36-37-38-39-40-42-43-45-47-50-53-56-59-62-68(71)74-65-66(64-73-67(70)61-58-55-52-49-21-18-15-12-9-6-3)75-69(72)63-60-57-54-51-48-46-44-41-27-25-23-20-17-14-11-8-5-2/h12,15,66H,4-11,13-14,16-65H2,1-3H3/b15-12-. The fraction of sp³-hybridized carbons (Fsp3) is 0.928. The molecule has 0 spiro atoms. The van der Waals surface area contributed by atoms with E-state index >= 15 is 0 Å². The van der Waals surface area contributed by atoms with E-state index in [0.717, 1.165) is 70.6 Å². The zero-order valence-electron chi connectivity index (χ0n) is 51.1. The van der Waals surface area contributed by atoms with Gasteiger partial charge in [0.25, 0.3) is 0 Å². The molecule has 0 fully saturated rings. The minimum absolute atomic E-state index is 0.0663. The van der Waals surface area contributed by atoms with Crippen LogP contribution >= 0.6 is 0 Å². The summed E-state index contributed by atoms with van der Waals surface area (Å²) >= 11 is 0. The van der Waals surface area contributed by atoms with Crippen molar-refractivity contribution in [2.45, 2.75) is 399 Å². The van der Waals surface area contributed by atoms with Crippen molar-refractivity contribution < 1.29 is 28.6 Å². The number of carbonyl (C=O) groups excluding carboxylic acids is 3. The number of ether oxygens (including phenoxy) is 3. The van der Waals surface area contributed by atoms with Gasteiger partial charge >= 0.3 is 17.9 Å². The Bertz CT molecular complexity index is 1170. The third-order valence-electron chi connectivity index (χ3n) is 15.8. The molecular weight excluding hydrogens is 925 g/mol. The van der Waals surface area contributed by atoms with Gasteiger partial charge in [-0.2, -0.15) is 0 Å². The van der Waals surface area contributed by atoms with Crippen molar-refractivity contribution in [2.75, 3.05) is 13.2 Å². The lowest BCUT2D eigenvalue weighted by Crippen LogP contribution is -2.30. The molecule has 0 rings (SSSR count). The summed E-state index contributed by atoms with van der Waals surface area (Å²) in [5.74, 6) is -0.848. The molecule has 0 amide bonds. The van der Waals surface area contributed by atoms with Crippen LogP contribution in [0.2, 0.25) is 0 Å². The van der Waals surface area contributed by atoms with Crippen molar-refractivity contribution in [3.63, 3.8) is 0 Å². The van der Waals surface area contributed by atoms with Crippen molar-refractivity contribution >= 4 is 17.9 Å². The third kappa shape index (κ3) is 62.9. The fourth-order valence-corrected chi connectivity index (χ4v) is 10.6. The maximum atomic E-state index is 12.9. The first-order chi connectivity index (χ1) is 37.0. The second-order valence-electron chi connectivity index (χ2n) is 23.5. The van der Waals surface area contributed by atoms with Crippen LogP contribution in [0.3, 0.4) is 0 Å². The Balaban J connectivity index is 4.05. The summed E-state index contributed by atoms with van der Waals surface area (Å²) < 4.78 is 16.9. The molecule has 75 heavy (non-hydrogen) atoms. The van der Waals surface area contributed by atoms with E-state index in [4.69, 9.17) is 14.2 Å². The van der Waals surface area contributed by atoms with E-state index in [9.17, 15) is 14.4 Å². The molecule has 0 saturated carbocycles. The molecule has 0 aromatic carbocycles. The van der Waals surface area contributed by atoms with Crippen molar-refractivity contribution in [3.05, 3.63) is 12.2 Å². The normalized spacial score (nSPS) is 12.0. The summed E-state index contributed by atoms with van der Waals surface area (Å²) in [6.45, 7) is 6.65. The van der Waals surface area contributed by atoms with Gasteiger partial charge in [-0.15, -0.1) is 0 Å². The van der Waals surface area contributed by atoms with Crippen LogP contribution in [0.1, 0.15) is 393 Å². The first-order valence-corrected chi connectivity index (χ1v) is 34.2. The Hall–Kier alpha value is -1.85. The largest absolute Gasteiger partial charge is 0.462 e. The van der Waals surface area contributed by atoms with Crippen LogP contribution in [-0.4, -0.2) is 37.2 Å². The van der Waals surface area contributed by atoms with Gasteiger partial charge in [0.05, 0.1) is 0 Å². The molecule has 0 heterocycles. The van der Waals surface area contributed by atoms with Gasteiger partial charge in [-0.25, -0.2) is 0 Å². The quantitative estimate of drug-likeness (QED) is 0.0261. The van der Waals surface area contributed by atoms with Crippen LogP contribution in [0, 0.1) is 0 Å². The Morgan fingerprint density at radius 3 is 0.720 bits per heavy atom. The monoisotopic (exact) mass is 1060 g/mol. The molecule has 0 aromatic heterocycles. The van der Waals surface area contributed by atoms with Crippen LogP contribution < -0.4 is 0 Å². The third-order valence-corrected chi connectivity index (χ3v) is 15.8. The molecule has 0 bridgehead atoms. The molecule has 1 atom stereocenters. The highest BCUT2D eigenvalue weighted by atomic mass is 16.6. The molecule has 0 radical (unpaired) electrons. The van der Waals surface area contributed by atoms with Crippen molar-refractivity contribution in [1.29, 1.82) is 0 Å². The van der Waals surface area contributed by atoms with Gasteiger partial charge < -0.3 is 14.2 Å². The lowest BCUT2D eigenvalue weighted by molar-refractivity contribution is -0.167. The second kappa shape index (κ2) is 64.7. The van der Waals surface area contributed by atoms with Crippen molar-refractivity contribution in [3.8, 4) is 0 Å². The van der Waals surface area contributed by atoms with Crippen LogP contribution in [-0.2, 0) is 28.6 Å². The van der Waals surface area contributed by atoms with Gasteiger partial charge in [0, 0.05) is 19.3 Å². The number of unbranched alkanes of at least 4 members (excludes halogenated alkanes) is 51. The molecular formula is C69H132O6. The lowest BCUT2D eigenvalue weighted by atomic mass is 10.0. The maximum absolute atomic E-state index is 12.9. The topological polar surface area (TPSA) is 78.9 Å². The minimum Gasteiger partial charge on any atom is -0.462 e. The molecule has 444 valence electrons. The number of esters is 3. The summed E-state index contributed by atoms with van der Waals surface area (Å²) in [5, 5.41) is 0. The van der Waals surface area contributed by atoms with Crippen molar-refractivity contribution in [1.82, 2.24) is 0 Å². The highest BCUT2D eigenvalue weighted by molar-refractivity contribution is 5.71. The minimum atomic E-state index is -0.768. The van der Waals surface area contributed by atoms with Gasteiger partial charge in [-0.05, 0) is 38.5 Å². The molecule has 0 aliphatic carbocycles. The van der Waals surface area contributed by atoms with Crippen LogP contribution in [0.5, 0.6) is 0 Å². The number of rotatable bonds is 64.